The van der Waals surface area contributed by atoms with Crippen molar-refractivity contribution < 1.29 is 23.9 Å². The lowest BCUT2D eigenvalue weighted by Crippen LogP contribution is -2.60. The Labute approximate surface area is 136 Å². The molecule has 4 aliphatic rings. The van der Waals surface area contributed by atoms with E-state index in [1.54, 1.807) is 0 Å². The summed E-state index contributed by atoms with van der Waals surface area (Å²) in [4.78, 5) is 35.8. The fourth-order valence-electron chi connectivity index (χ4n) is 5.08. The summed E-state index contributed by atoms with van der Waals surface area (Å²) in [5.41, 5.74) is -0.839. The monoisotopic (exact) mass is 320 g/mol. The smallest absolute Gasteiger partial charge is 0.303 e. The molecule has 0 radical (unpaired) electrons. The minimum Gasteiger partial charge on any atom is -0.462 e. The van der Waals surface area contributed by atoms with Gasteiger partial charge in [-0.1, -0.05) is 32.9 Å². The molecule has 4 rings (SSSR count). The molecule has 126 valence electrons. The minimum absolute atomic E-state index is 0.0153. The largest absolute Gasteiger partial charge is 0.462 e. The van der Waals surface area contributed by atoms with E-state index >= 15 is 0 Å². The van der Waals surface area contributed by atoms with E-state index in [2.05, 4.69) is 13.8 Å². The number of ketones is 1. The maximum atomic E-state index is 12.8. The summed E-state index contributed by atoms with van der Waals surface area (Å²) < 4.78 is 11.1. The summed E-state index contributed by atoms with van der Waals surface area (Å²) in [6, 6.07) is 0. The van der Waals surface area contributed by atoms with Crippen LogP contribution < -0.4 is 0 Å². The average molecular weight is 320 g/mol. The number of ether oxygens (including phenoxy) is 2. The Morgan fingerprint density at radius 2 is 1.74 bits per heavy atom. The van der Waals surface area contributed by atoms with Crippen LogP contribution in [0.5, 0.6) is 0 Å². The van der Waals surface area contributed by atoms with Crippen molar-refractivity contribution in [2.45, 2.75) is 53.2 Å². The summed E-state index contributed by atoms with van der Waals surface area (Å²) in [5.74, 6) is -0.935. The summed E-state index contributed by atoms with van der Waals surface area (Å²) in [6.07, 6.45) is 3.69. The van der Waals surface area contributed by atoms with Crippen LogP contribution in [0.15, 0.2) is 12.2 Å². The molecule has 2 fully saturated rings. The van der Waals surface area contributed by atoms with E-state index in [4.69, 9.17) is 9.47 Å². The average Bonchev–Trinajstić information content (AvgIpc) is 2.66. The van der Waals surface area contributed by atoms with Gasteiger partial charge in [0.2, 0.25) is 0 Å². The van der Waals surface area contributed by atoms with Gasteiger partial charge in [-0.25, -0.2) is 0 Å². The number of Topliss-reactive ketones (excluding diaryl/α,β-unsaturated/α-hetero) is 1. The van der Waals surface area contributed by atoms with Gasteiger partial charge in [0.15, 0.2) is 11.9 Å². The van der Waals surface area contributed by atoms with Crippen molar-refractivity contribution in [1.82, 2.24) is 0 Å². The van der Waals surface area contributed by atoms with E-state index in [1.165, 1.54) is 13.8 Å². The third-order valence-corrected chi connectivity index (χ3v) is 5.89. The maximum Gasteiger partial charge on any atom is 0.303 e. The van der Waals surface area contributed by atoms with Gasteiger partial charge in [0.1, 0.15) is 6.10 Å². The van der Waals surface area contributed by atoms with Gasteiger partial charge >= 0.3 is 11.9 Å². The van der Waals surface area contributed by atoms with Crippen LogP contribution >= 0.6 is 0 Å². The molecular weight excluding hydrogens is 296 g/mol. The Balaban J connectivity index is 2.05. The predicted octanol–water partition coefficient (Wildman–Crippen LogP) is 2.29. The summed E-state index contributed by atoms with van der Waals surface area (Å²) in [7, 11) is 0. The fraction of sp³-hybridized carbons (Fsp3) is 0.722. The Bertz CT molecular complexity index is 605. The van der Waals surface area contributed by atoms with E-state index in [9.17, 15) is 14.4 Å². The van der Waals surface area contributed by atoms with Crippen LogP contribution in [0, 0.1) is 28.6 Å². The SMILES string of the molecule is CC(=O)O[C@H]1[C@@H]2[C@H](CC1(C)C)[C@@H]1C=C[C@@]2(C)[C@@H](OC(C)=O)C1=O. The number of hydrogen-bond acceptors (Lipinski definition) is 5. The molecular formula is C18H24O5. The van der Waals surface area contributed by atoms with Crippen LogP contribution in [-0.4, -0.2) is 29.9 Å². The number of carbonyl (C=O) groups is 3. The molecule has 0 spiro atoms. The van der Waals surface area contributed by atoms with Gasteiger partial charge in [-0.3, -0.25) is 14.4 Å². The summed E-state index contributed by atoms with van der Waals surface area (Å²) in [6.45, 7) is 8.83. The molecule has 0 amide bonds. The molecule has 0 saturated heterocycles. The Hall–Kier alpha value is -1.65. The Morgan fingerprint density at radius 1 is 1.13 bits per heavy atom. The van der Waals surface area contributed by atoms with Crippen LogP contribution in [0.4, 0.5) is 0 Å². The van der Waals surface area contributed by atoms with Gasteiger partial charge in [-0.2, -0.15) is 0 Å². The highest BCUT2D eigenvalue weighted by atomic mass is 16.6. The van der Waals surface area contributed by atoms with Gasteiger partial charge in [0, 0.05) is 36.5 Å². The molecule has 0 heterocycles. The second-order valence-electron chi connectivity index (χ2n) is 8.06. The maximum absolute atomic E-state index is 12.8. The van der Waals surface area contributed by atoms with Crippen molar-refractivity contribution in [2.75, 3.05) is 0 Å². The molecule has 2 bridgehead atoms. The van der Waals surface area contributed by atoms with E-state index in [0.717, 1.165) is 6.42 Å². The van der Waals surface area contributed by atoms with Crippen LogP contribution in [0.2, 0.25) is 0 Å². The molecule has 0 aromatic heterocycles. The number of hydrogen-bond donors (Lipinski definition) is 0. The zero-order chi connectivity index (χ0) is 17.2. The van der Waals surface area contributed by atoms with Crippen molar-refractivity contribution >= 4 is 17.7 Å². The molecule has 0 aromatic rings. The van der Waals surface area contributed by atoms with Crippen LogP contribution in [0.3, 0.4) is 0 Å². The van der Waals surface area contributed by atoms with Crippen LogP contribution in [-0.2, 0) is 23.9 Å². The lowest BCUT2D eigenvalue weighted by atomic mass is 9.53. The first-order valence-electron chi connectivity index (χ1n) is 8.15. The predicted molar refractivity (Wildman–Crippen MR) is 82.2 cm³/mol. The van der Waals surface area contributed by atoms with Crippen LogP contribution in [0.1, 0.15) is 41.0 Å². The van der Waals surface area contributed by atoms with E-state index in [0.29, 0.717) is 0 Å². The van der Waals surface area contributed by atoms with Crippen molar-refractivity contribution in [3.63, 3.8) is 0 Å². The second-order valence-corrected chi connectivity index (χ2v) is 8.06. The molecule has 0 aromatic carbocycles. The lowest BCUT2D eigenvalue weighted by Gasteiger charge is -2.52. The molecule has 0 N–H and O–H groups in total. The van der Waals surface area contributed by atoms with Crippen molar-refractivity contribution in [3.8, 4) is 0 Å². The minimum atomic E-state index is -0.789. The number of carbonyl (C=O) groups excluding carboxylic acids is 3. The quantitative estimate of drug-likeness (QED) is 0.577. The van der Waals surface area contributed by atoms with Crippen LogP contribution in [0.25, 0.3) is 0 Å². The molecule has 4 aliphatic carbocycles. The number of esters is 2. The van der Waals surface area contributed by atoms with Crippen molar-refractivity contribution in [2.24, 2.45) is 28.6 Å². The van der Waals surface area contributed by atoms with Gasteiger partial charge in [0.25, 0.3) is 0 Å². The van der Waals surface area contributed by atoms with Gasteiger partial charge in [0.05, 0.1) is 0 Å². The van der Waals surface area contributed by atoms with Gasteiger partial charge < -0.3 is 9.47 Å². The van der Waals surface area contributed by atoms with E-state index in [-0.39, 0.29) is 41.0 Å². The Kier molecular flexibility index (Phi) is 3.47. The normalized spacial score (nSPS) is 43.2. The molecule has 6 atom stereocenters. The number of fused-ring (bicyclic) bond motifs is 1. The highest BCUT2D eigenvalue weighted by molar-refractivity contribution is 5.92. The molecule has 5 nitrogen and oxygen atoms in total. The Morgan fingerprint density at radius 3 is 2.30 bits per heavy atom. The summed E-state index contributed by atoms with van der Waals surface area (Å²) in [5, 5.41) is 0. The number of allylic oxidation sites excluding steroid dienone is 1. The van der Waals surface area contributed by atoms with Gasteiger partial charge in [-0.05, 0) is 12.3 Å². The topological polar surface area (TPSA) is 69.7 Å². The standard InChI is InChI=1S/C18H24O5/c1-9(19)22-15-13-12(8-17(15,3)4)11-6-7-18(13,5)16(14(11)21)23-10(2)20/h6-7,11-13,15-16H,8H2,1-5H3/t11-,12+,13-,15-,16-,18+/m0/s1. The highest BCUT2D eigenvalue weighted by Crippen LogP contribution is 2.63. The van der Waals surface area contributed by atoms with Crippen molar-refractivity contribution in [1.29, 1.82) is 0 Å². The summed E-state index contributed by atoms with van der Waals surface area (Å²) >= 11 is 0. The zero-order valence-electron chi connectivity index (χ0n) is 14.3. The molecule has 2 saturated carbocycles. The number of rotatable bonds is 2. The fourth-order valence-corrected chi connectivity index (χ4v) is 5.08. The third-order valence-electron chi connectivity index (χ3n) is 5.89. The first kappa shape index (κ1) is 16.2. The zero-order valence-corrected chi connectivity index (χ0v) is 14.3. The molecule has 0 aliphatic heterocycles. The molecule has 0 unspecified atom stereocenters. The second kappa shape index (κ2) is 4.92. The van der Waals surface area contributed by atoms with Crippen molar-refractivity contribution in [3.05, 3.63) is 12.2 Å². The first-order valence-corrected chi connectivity index (χ1v) is 8.15. The molecule has 23 heavy (non-hydrogen) atoms. The first-order chi connectivity index (χ1) is 10.6. The van der Waals surface area contributed by atoms with E-state index < -0.39 is 17.5 Å². The third kappa shape index (κ3) is 2.24. The molecule has 5 heteroatoms. The van der Waals surface area contributed by atoms with Gasteiger partial charge in [-0.15, -0.1) is 0 Å². The van der Waals surface area contributed by atoms with E-state index in [1.807, 2.05) is 19.1 Å². The highest BCUT2D eigenvalue weighted by Gasteiger charge is 2.67. The lowest BCUT2D eigenvalue weighted by molar-refractivity contribution is -0.180.